The predicted octanol–water partition coefficient (Wildman–Crippen LogP) is 4.12. The summed E-state index contributed by atoms with van der Waals surface area (Å²) in [5.74, 6) is -0.604. The highest BCUT2D eigenvalue weighted by Gasteiger charge is 2.16. The first kappa shape index (κ1) is 19.7. The van der Waals surface area contributed by atoms with Gasteiger partial charge in [0.05, 0.1) is 15.5 Å². The molecule has 2 N–H and O–H groups in total. The highest BCUT2D eigenvalue weighted by atomic mass is 35.5. The molecule has 9 heteroatoms. The van der Waals surface area contributed by atoms with E-state index in [-0.39, 0.29) is 23.4 Å². The number of rotatable bonds is 5. The smallest absolute Gasteiger partial charge is 0.349 e. The number of para-hydroxylation sites is 1. The minimum Gasteiger partial charge on any atom is -0.422 e. The van der Waals surface area contributed by atoms with Gasteiger partial charge in [0.2, 0.25) is 0 Å². The van der Waals surface area contributed by atoms with Gasteiger partial charge in [-0.2, -0.15) is 0 Å². The van der Waals surface area contributed by atoms with E-state index in [0.717, 1.165) is 22.2 Å². The number of aromatic amines is 1. The Bertz CT molecular complexity index is 1370. The van der Waals surface area contributed by atoms with Crippen LogP contribution in [0, 0.1) is 17.0 Å². The largest absolute Gasteiger partial charge is 0.422 e. The lowest BCUT2D eigenvalue weighted by atomic mass is 10.1. The van der Waals surface area contributed by atoms with Crippen LogP contribution in [0.4, 0.5) is 5.69 Å². The number of fused-ring (bicyclic) bond motifs is 2. The lowest BCUT2D eigenvalue weighted by Gasteiger charge is -2.06. The Morgan fingerprint density at radius 3 is 2.83 bits per heavy atom. The van der Waals surface area contributed by atoms with Gasteiger partial charge in [-0.15, -0.1) is 0 Å². The molecule has 0 saturated carbocycles. The lowest BCUT2D eigenvalue weighted by molar-refractivity contribution is -0.384. The topological polar surface area (TPSA) is 118 Å². The number of amides is 1. The molecule has 8 nitrogen and oxygen atoms in total. The molecule has 0 aliphatic rings. The molecule has 2 aromatic heterocycles. The van der Waals surface area contributed by atoms with Crippen molar-refractivity contribution in [3.05, 3.63) is 84.8 Å². The van der Waals surface area contributed by atoms with Gasteiger partial charge in [-0.05, 0) is 37.1 Å². The lowest BCUT2D eigenvalue weighted by Crippen LogP contribution is -2.30. The molecule has 0 atom stereocenters. The Morgan fingerprint density at radius 1 is 1.27 bits per heavy atom. The molecular formula is C21H16ClN3O5. The molecule has 0 fully saturated rings. The van der Waals surface area contributed by atoms with E-state index in [1.165, 1.54) is 24.3 Å². The van der Waals surface area contributed by atoms with E-state index in [2.05, 4.69) is 10.3 Å². The summed E-state index contributed by atoms with van der Waals surface area (Å²) in [5.41, 5.74) is 1.82. The number of carbonyl (C=O) groups excluding carboxylic acids is 1. The summed E-state index contributed by atoms with van der Waals surface area (Å²) < 4.78 is 5.13. The number of hydrogen-bond acceptors (Lipinski definition) is 5. The molecule has 0 radical (unpaired) electrons. The number of hydrogen-bond donors (Lipinski definition) is 2. The van der Waals surface area contributed by atoms with Crippen LogP contribution in [0.5, 0.6) is 0 Å². The number of halogens is 1. The molecule has 4 aromatic rings. The highest BCUT2D eigenvalue weighted by Crippen LogP contribution is 2.28. The molecule has 0 aliphatic carbocycles. The molecule has 152 valence electrons. The molecule has 1 amide bonds. The molecule has 0 bridgehead atoms. The Labute approximate surface area is 174 Å². The van der Waals surface area contributed by atoms with Gasteiger partial charge >= 0.3 is 5.63 Å². The van der Waals surface area contributed by atoms with Crippen molar-refractivity contribution in [2.75, 3.05) is 6.54 Å². The van der Waals surface area contributed by atoms with Crippen molar-refractivity contribution in [2.24, 2.45) is 0 Å². The quantitative estimate of drug-likeness (QED) is 0.283. The van der Waals surface area contributed by atoms with Crippen LogP contribution >= 0.6 is 11.6 Å². The monoisotopic (exact) mass is 425 g/mol. The maximum absolute atomic E-state index is 12.5. The summed E-state index contributed by atoms with van der Waals surface area (Å²) >= 11 is 6.21. The summed E-state index contributed by atoms with van der Waals surface area (Å²) in [6, 6.07) is 10.7. The van der Waals surface area contributed by atoms with Crippen LogP contribution in [0.3, 0.4) is 0 Å². The second-order valence-corrected chi connectivity index (χ2v) is 7.23. The Balaban J connectivity index is 1.54. The van der Waals surface area contributed by atoms with E-state index in [1.54, 1.807) is 6.07 Å². The van der Waals surface area contributed by atoms with Gasteiger partial charge in [0, 0.05) is 35.1 Å². The number of nitro benzene ring substituents is 1. The van der Waals surface area contributed by atoms with Gasteiger partial charge in [-0.1, -0.05) is 23.7 Å². The van der Waals surface area contributed by atoms with Gasteiger partial charge in [0.15, 0.2) is 0 Å². The number of nitro groups is 1. The molecule has 0 spiro atoms. The van der Waals surface area contributed by atoms with Gasteiger partial charge in [-0.3, -0.25) is 14.9 Å². The van der Waals surface area contributed by atoms with E-state index in [0.29, 0.717) is 16.8 Å². The zero-order valence-electron chi connectivity index (χ0n) is 15.8. The van der Waals surface area contributed by atoms with Crippen molar-refractivity contribution in [1.29, 1.82) is 0 Å². The van der Waals surface area contributed by atoms with E-state index in [1.807, 2.05) is 19.1 Å². The maximum Gasteiger partial charge on any atom is 0.349 e. The van der Waals surface area contributed by atoms with Crippen molar-refractivity contribution in [1.82, 2.24) is 10.3 Å². The second kappa shape index (κ2) is 7.64. The first-order chi connectivity index (χ1) is 14.3. The maximum atomic E-state index is 12.5. The zero-order valence-corrected chi connectivity index (χ0v) is 16.6. The third-order valence-electron chi connectivity index (χ3n) is 4.94. The number of carbonyl (C=O) groups is 1. The van der Waals surface area contributed by atoms with Gasteiger partial charge in [0.1, 0.15) is 11.1 Å². The summed E-state index contributed by atoms with van der Waals surface area (Å²) in [5, 5.41) is 15.6. The Hall–Kier alpha value is -3.65. The van der Waals surface area contributed by atoms with Crippen LogP contribution in [0.1, 0.15) is 21.6 Å². The highest BCUT2D eigenvalue weighted by molar-refractivity contribution is 6.35. The number of nitrogens with one attached hydrogen (secondary N) is 2. The SMILES string of the molecule is Cc1[nH]c2c(Cl)cccc2c1CCNC(=O)c1cc2cc([N+](=O)[O-])ccc2oc1=O. The number of non-ortho nitro benzene ring substituents is 1. The molecule has 2 heterocycles. The van der Waals surface area contributed by atoms with Crippen molar-refractivity contribution < 1.29 is 14.1 Å². The average molecular weight is 426 g/mol. The number of benzene rings is 2. The minimum absolute atomic E-state index is 0.156. The molecule has 0 saturated heterocycles. The summed E-state index contributed by atoms with van der Waals surface area (Å²) in [6.45, 7) is 2.21. The molecule has 4 rings (SSSR count). The Kier molecular flexibility index (Phi) is 5.01. The number of nitrogens with zero attached hydrogens (tertiary/aromatic N) is 1. The molecular weight excluding hydrogens is 410 g/mol. The molecule has 0 aliphatic heterocycles. The second-order valence-electron chi connectivity index (χ2n) is 6.82. The molecule has 2 aromatic carbocycles. The van der Waals surface area contributed by atoms with E-state index in [4.69, 9.17) is 16.0 Å². The van der Waals surface area contributed by atoms with Crippen LogP contribution in [-0.2, 0) is 6.42 Å². The summed E-state index contributed by atoms with van der Waals surface area (Å²) in [4.78, 5) is 38.3. The number of H-pyrrole nitrogens is 1. The minimum atomic E-state index is -0.802. The van der Waals surface area contributed by atoms with Crippen LogP contribution in [0.15, 0.2) is 51.7 Å². The first-order valence-corrected chi connectivity index (χ1v) is 9.49. The zero-order chi connectivity index (χ0) is 21.4. The normalized spacial score (nSPS) is 11.1. The average Bonchev–Trinajstić information content (AvgIpc) is 3.04. The van der Waals surface area contributed by atoms with Crippen molar-refractivity contribution in [3.63, 3.8) is 0 Å². The Morgan fingerprint density at radius 2 is 2.07 bits per heavy atom. The van der Waals surface area contributed by atoms with Crippen molar-refractivity contribution in [2.45, 2.75) is 13.3 Å². The third-order valence-corrected chi connectivity index (χ3v) is 5.25. The van der Waals surface area contributed by atoms with Crippen LogP contribution in [0.2, 0.25) is 5.02 Å². The van der Waals surface area contributed by atoms with E-state index >= 15 is 0 Å². The first-order valence-electron chi connectivity index (χ1n) is 9.11. The van der Waals surface area contributed by atoms with E-state index in [9.17, 15) is 19.7 Å². The standard InChI is InChI=1S/C21H16ClN3O5/c1-11-14(15-3-2-4-17(22)19(15)24-11)7-8-23-20(26)16-10-12-9-13(25(28)29)5-6-18(12)30-21(16)27/h2-6,9-10,24H,7-8H2,1H3,(H,23,26). The van der Waals surface area contributed by atoms with Crippen molar-refractivity contribution in [3.8, 4) is 0 Å². The predicted molar refractivity (Wildman–Crippen MR) is 113 cm³/mol. The fraction of sp³-hybridized carbons (Fsp3) is 0.143. The molecule has 0 unspecified atom stereocenters. The fourth-order valence-corrected chi connectivity index (χ4v) is 3.69. The van der Waals surface area contributed by atoms with Crippen LogP contribution < -0.4 is 10.9 Å². The molecule has 30 heavy (non-hydrogen) atoms. The fourth-order valence-electron chi connectivity index (χ4n) is 3.47. The number of aryl methyl sites for hydroxylation is 1. The van der Waals surface area contributed by atoms with Gasteiger partial charge in [0.25, 0.3) is 11.6 Å². The number of aromatic nitrogens is 1. The van der Waals surface area contributed by atoms with E-state index < -0.39 is 16.5 Å². The van der Waals surface area contributed by atoms with Crippen LogP contribution in [0.25, 0.3) is 21.9 Å². The van der Waals surface area contributed by atoms with Crippen molar-refractivity contribution >= 4 is 45.1 Å². The summed E-state index contributed by atoms with van der Waals surface area (Å²) in [7, 11) is 0. The third kappa shape index (κ3) is 3.53. The van der Waals surface area contributed by atoms with Gasteiger partial charge < -0.3 is 14.7 Å². The summed E-state index contributed by atoms with van der Waals surface area (Å²) in [6.07, 6.45) is 0.530. The van der Waals surface area contributed by atoms with Gasteiger partial charge in [-0.25, -0.2) is 4.79 Å². The van der Waals surface area contributed by atoms with Crippen LogP contribution in [-0.4, -0.2) is 22.4 Å².